The van der Waals surface area contributed by atoms with Gasteiger partial charge in [0, 0.05) is 5.56 Å². The quantitative estimate of drug-likeness (QED) is 0.678. The third kappa shape index (κ3) is 3.71. The molecule has 4 nitrogen and oxygen atoms in total. The number of hydrogen-bond acceptors (Lipinski definition) is 3. The maximum Gasteiger partial charge on any atom is 0.294 e. The number of para-hydroxylation sites is 1. The van der Waals surface area contributed by atoms with E-state index in [1.165, 1.54) is 12.1 Å². The van der Waals surface area contributed by atoms with Crippen LogP contribution in [0.4, 0.5) is 0 Å². The van der Waals surface area contributed by atoms with Gasteiger partial charge in [0.2, 0.25) is 0 Å². The summed E-state index contributed by atoms with van der Waals surface area (Å²) in [7, 11) is -4.33. The van der Waals surface area contributed by atoms with Crippen molar-refractivity contribution >= 4 is 10.1 Å². The van der Waals surface area contributed by atoms with Crippen LogP contribution in [0.2, 0.25) is 0 Å². The molecule has 110 valence electrons. The van der Waals surface area contributed by atoms with Crippen molar-refractivity contribution in [2.75, 3.05) is 0 Å². The highest BCUT2D eigenvalue weighted by Crippen LogP contribution is 2.28. The Morgan fingerprint density at radius 1 is 1.19 bits per heavy atom. The van der Waals surface area contributed by atoms with Crippen LogP contribution in [0.5, 0.6) is 5.75 Å². The Kier molecular flexibility index (Phi) is 4.45. The van der Waals surface area contributed by atoms with Crippen LogP contribution in [0.15, 0.2) is 66.1 Å². The van der Waals surface area contributed by atoms with Gasteiger partial charge in [-0.05, 0) is 31.2 Å². The first kappa shape index (κ1) is 15.3. The molecule has 1 N–H and O–H groups in total. The van der Waals surface area contributed by atoms with E-state index in [9.17, 15) is 13.0 Å². The summed E-state index contributed by atoms with van der Waals surface area (Å²) in [6.07, 6.45) is 0.820. The van der Waals surface area contributed by atoms with Crippen molar-refractivity contribution in [3.05, 3.63) is 72.3 Å². The van der Waals surface area contributed by atoms with E-state index >= 15 is 0 Å². The summed E-state index contributed by atoms with van der Waals surface area (Å²) in [5, 5.41) is 0. The molecule has 0 amide bonds. The van der Waals surface area contributed by atoms with Gasteiger partial charge in [-0.15, -0.1) is 0 Å². The van der Waals surface area contributed by atoms with Crippen LogP contribution in [0.3, 0.4) is 0 Å². The molecule has 0 saturated heterocycles. The lowest BCUT2D eigenvalue weighted by molar-refractivity contribution is 0.252. The summed E-state index contributed by atoms with van der Waals surface area (Å²) in [5.41, 5.74) is 1.22. The molecule has 2 rings (SSSR count). The lowest BCUT2D eigenvalue weighted by Gasteiger charge is -2.18. The largest absolute Gasteiger partial charge is 0.482 e. The third-order valence-corrected chi connectivity index (χ3v) is 3.90. The maximum atomic E-state index is 11.5. The molecule has 0 aliphatic carbocycles. The zero-order chi connectivity index (χ0) is 15.5. The van der Waals surface area contributed by atoms with Gasteiger partial charge in [-0.2, -0.15) is 8.42 Å². The molecule has 0 bridgehead atoms. The van der Waals surface area contributed by atoms with Crippen LogP contribution >= 0.6 is 0 Å². The fraction of sp³-hybridized carbons (Fsp3) is 0.125. The minimum Gasteiger partial charge on any atom is -0.482 e. The van der Waals surface area contributed by atoms with Crippen molar-refractivity contribution in [2.45, 2.75) is 17.9 Å². The van der Waals surface area contributed by atoms with Crippen LogP contribution in [0.1, 0.15) is 17.2 Å². The summed E-state index contributed by atoms with van der Waals surface area (Å²) >= 11 is 0. The highest BCUT2D eigenvalue weighted by Gasteiger charge is 2.21. The van der Waals surface area contributed by atoms with Gasteiger partial charge in [-0.1, -0.05) is 42.5 Å². The van der Waals surface area contributed by atoms with Gasteiger partial charge < -0.3 is 4.74 Å². The number of aryl methyl sites for hydroxylation is 1. The first-order valence-corrected chi connectivity index (χ1v) is 7.78. The maximum absolute atomic E-state index is 11.5. The lowest BCUT2D eigenvalue weighted by atomic mass is 10.1. The highest BCUT2D eigenvalue weighted by atomic mass is 32.2. The van der Waals surface area contributed by atoms with Crippen molar-refractivity contribution in [1.29, 1.82) is 0 Å². The van der Waals surface area contributed by atoms with Crippen LogP contribution in [0.25, 0.3) is 0 Å². The molecule has 2 aromatic rings. The molecule has 0 spiro atoms. The Morgan fingerprint density at radius 3 is 2.43 bits per heavy atom. The molecule has 0 aliphatic heterocycles. The summed E-state index contributed by atoms with van der Waals surface area (Å²) < 4.78 is 38.1. The second-order valence-electron chi connectivity index (χ2n) is 4.60. The van der Waals surface area contributed by atoms with Crippen LogP contribution in [0, 0.1) is 6.92 Å². The highest BCUT2D eigenvalue weighted by molar-refractivity contribution is 7.85. The predicted octanol–water partition coefficient (Wildman–Crippen LogP) is 3.55. The van der Waals surface area contributed by atoms with E-state index in [1.807, 2.05) is 25.1 Å². The Balaban J connectivity index is 2.47. The number of benzene rings is 2. The minimum absolute atomic E-state index is 0.172. The molecule has 5 heteroatoms. The molecule has 2 aromatic carbocycles. The summed E-state index contributed by atoms with van der Waals surface area (Å²) in [5.74, 6) is 0.588. The number of hydrogen-bond donors (Lipinski definition) is 1. The molecule has 21 heavy (non-hydrogen) atoms. The van der Waals surface area contributed by atoms with Crippen molar-refractivity contribution < 1.29 is 17.7 Å². The fourth-order valence-electron chi connectivity index (χ4n) is 2.01. The van der Waals surface area contributed by atoms with Gasteiger partial charge in [0.05, 0.1) is 0 Å². The fourth-order valence-corrected chi connectivity index (χ4v) is 2.72. The van der Waals surface area contributed by atoms with Gasteiger partial charge >= 0.3 is 0 Å². The predicted molar refractivity (Wildman–Crippen MR) is 81.0 cm³/mol. The molecular formula is C16H16O4S. The normalized spacial score (nSPS) is 12.7. The molecule has 0 radical (unpaired) electrons. The average Bonchev–Trinajstić information content (AvgIpc) is 2.44. The van der Waals surface area contributed by atoms with Crippen LogP contribution in [-0.2, 0) is 10.1 Å². The van der Waals surface area contributed by atoms with E-state index in [0.29, 0.717) is 11.3 Å². The Bertz CT molecular complexity index is 736. The van der Waals surface area contributed by atoms with Crippen molar-refractivity contribution in [1.82, 2.24) is 0 Å². The topological polar surface area (TPSA) is 63.6 Å². The average molecular weight is 304 g/mol. The molecular weight excluding hydrogens is 288 g/mol. The molecule has 0 heterocycles. The standard InChI is InChI=1S/C16H16O4S/c1-3-15(20-13-7-5-4-6-8-13)14-11-12(2)9-10-16(14)21(17,18)19/h3-11,15H,1H2,2H3,(H,17,18,19). The molecule has 1 unspecified atom stereocenters. The van der Waals surface area contributed by atoms with Crippen LogP contribution < -0.4 is 4.74 Å². The van der Waals surface area contributed by atoms with Crippen molar-refractivity contribution in [3.63, 3.8) is 0 Å². The number of ether oxygens (including phenoxy) is 1. The Hall–Kier alpha value is -2.11. The zero-order valence-electron chi connectivity index (χ0n) is 11.6. The second kappa shape index (κ2) is 6.11. The molecule has 0 aliphatic rings. The van der Waals surface area contributed by atoms with E-state index in [-0.39, 0.29) is 4.90 Å². The number of rotatable bonds is 5. The van der Waals surface area contributed by atoms with Crippen molar-refractivity contribution in [2.24, 2.45) is 0 Å². The zero-order valence-corrected chi connectivity index (χ0v) is 12.4. The van der Waals surface area contributed by atoms with Gasteiger partial charge in [-0.3, -0.25) is 4.55 Å². The van der Waals surface area contributed by atoms with Crippen molar-refractivity contribution in [3.8, 4) is 5.75 Å². The Morgan fingerprint density at radius 2 is 1.86 bits per heavy atom. The van der Waals surface area contributed by atoms with Gasteiger partial charge in [0.1, 0.15) is 16.7 Å². The molecule has 0 saturated carbocycles. The SMILES string of the molecule is C=CC(Oc1ccccc1)c1cc(C)ccc1S(=O)(=O)O. The third-order valence-electron chi connectivity index (χ3n) is 2.97. The van der Waals surface area contributed by atoms with Gasteiger partial charge in [0.15, 0.2) is 0 Å². The molecule has 0 aromatic heterocycles. The van der Waals surface area contributed by atoms with E-state index in [4.69, 9.17) is 4.74 Å². The molecule has 1 atom stereocenters. The van der Waals surface area contributed by atoms with E-state index < -0.39 is 16.2 Å². The summed E-state index contributed by atoms with van der Waals surface area (Å²) in [6, 6.07) is 13.7. The van der Waals surface area contributed by atoms with E-state index in [1.54, 1.807) is 24.3 Å². The first-order chi connectivity index (χ1) is 9.91. The van der Waals surface area contributed by atoms with E-state index in [0.717, 1.165) is 5.56 Å². The second-order valence-corrected chi connectivity index (χ2v) is 5.99. The monoisotopic (exact) mass is 304 g/mol. The first-order valence-electron chi connectivity index (χ1n) is 6.34. The molecule has 0 fully saturated rings. The summed E-state index contributed by atoms with van der Waals surface area (Å²) in [4.78, 5) is -0.172. The van der Waals surface area contributed by atoms with Gasteiger partial charge in [0.25, 0.3) is 10.1 Å². The lowest BCUT2D eigenvalue weighted by Crippen LogP contribution is -2.11. The smallest absolute Gasteiger partial charge is 0.294 e. The van der Waals surface area contributed by atoms with E-state index in [2.05, 4.69) is 6.58 Å². The van der Waals surface area contributed by atoms with Gasteiger partial charge in [-0.25, -0.2) is 0 Å². The Labute approximate surface area is 124 Å². The minimum atomic E-state index is -4.33. The summed E-state index contributed by atoms with van der Waals surface area (Å²) in [6.45, 7) is 5.52. The van der Waals surface area contributed by atoms with Crippen LogP contribution in [-0.4, -0.2) is 13.0 Å².